The van der Waals surface area contributed by atoms with Gasteiger partial charge in [0.05, 0.1) is 28.5 Å². The van der Waals surface area contributed by atoms with Gasteiger partial charge in [-0.05, 0) is 82.4 Å². The third-order valence-electron chi connectivity index (χ3n) is 13.6. The Hall–Kier alpha value is -4.89. The molecule has 6 aliphatic rings. The van der Waals surface area contributed by atoms with Crippen molar-refractivity contribution in [2.75, 3.05) is 69.1 Å². The average molecular weight is 863 g/mol. The molecule has 18 nitrogen and oxygen atoms in total. The maximum absolute atomic E-state index is 15.5. The first-order chi connectivity index (χ1) is 29.2. The number of amides is 4. The minimum Gasteiger partial charge on any atom is -0.388 e. The number of carbonyl (C=O) groups is 4. The van der Waals surface area contributed by atoms with Gasteiger partial charge in [-0.2, -0.15) is 22.0 Å². The molecule has 9 rings (SSSR count). The van der Waals surface area contributed by atoms with Gasteiger partial charge in [0.2, 0.25) is 17.8 Å². The van der Waals surface area contributed by atoms with E-state index in [1.807, 2.05) is 4.90 Å². The van der Waals surface area contributed by atoms with Crippen LogP contribution >= 0.6 is 0 Å². The number of aromatic nitrogens is 3. The molecular weight excluding hydrogens is 812 g/mol. The number of aliphatic hydroxyl groups is 1. The van der Waals surface area contributed by atoms with E-state index in [2.05, 4.69) is 20.5 Å². The van der Waals surface area contributed by atoms with Crippen LogP contribution in [0.1, 0.15) is 91.5 Å². The van der Waals surface area contributed by atoms with Crippen LogP contribution in [0, 0.1) is 11.7 Å². The van der Waals surface area contributed by atoms with E-state index in [0.717, 1.165) is 36.8 Å². The Balaban J connectivity index is 0.745. The van der Waals surface area contributed by atoms with E-state index >= 15 is 4.39 Å². The van der Waals surface area contributed by atoms with Crippen molar-refractivity contribution in [2.24, 2.45) is 5.92 Å². The molecule has 5 fully saturated rings. The lowest BCUT2D eigenvalue weighted by Crippen LogP contribution is -2.55. The first kappa shape index (κ1) is 41.5. The summed E-state index contributed by atoms with van der Waals surface area (Å²) in [5.41, 5.74) is -0.590. The van der Waals surface area contributed by atoms with Crippen molar-refractivity contribution in [3.8, 4) is 0 Å². The first-order valence-electron chi connectivity index (χ1n) is 21.3. The number of nitrogens with zero attached hydrogens (tertiary/aromatic N) is 8. The third-order valence-corrected chi connectivity index (χ3v) is 15.6. The highest BCUT2D eigenvalue weighted by Crippen LogP contribution is 2.39. The van der Waals surface area contributed by atoms with Crippen LogP contribution in [0.15, 0.2) is 35.3 Å². The Labute approximate surface area is 352 Å². The molecule has 1 saturated carbocycles. The van der Waals surface area contributed by atoms with Gasteiger partial charge in [-0.25, -0.2) is 9.37 Å². The van der Waals surface area contributed by atoms with Crippen LogP contribution < -0.4 is 21.1 Å². The highest BCUT2D eigenvalue weighted by molar-refractivity contribution is 7.86. The van der Waals surface area contributed by atoms with Crippen LogP contribution in [0.5, 0.6) is 0 Å². The monoisotopic (exact) mass is 862 g/mol. The summed E-state index contributed by atoms with van der Waals surface area (Å²) < 4.78 is 47.7. The quantitative estimate of drug-likeness (QED) is 0.261. The molecule has 7 heterocycles. The van der Waals surface area contributed by atoms with E-state index in [1.54, 1.807) is 32.4 Å². The predicted octanol–water partition coefficient (Wildman–Crippen LogP) is 1.46. The standard InChI is InChI=1S/C41H51FN10O8S/c1-41(58)12-2-3-33(41)52-35(54)7-4-26-23-43-40(46-36(26)52)44-27-10-15-49(16-11-27)61(59,60)50-19-17-47(18-20-50)24-25-8-13-48(14-9-25)32-22-29-28(21-30(32)42)38(56)51(39(29)57)31-5-6-34(53)45-37(31)55/h4,7,21-23,25,27,31,33,58H,2-3,5-6,8-20,24H2,1H3,(H,43,44,46)(H,45,53,55)/t31?,33-,41-/m1/s1. The lowest BCUT2D eigenvalue weighted by atomic mass is 9.95. The minimum absolute atomic E-state index is 0.00197. The zero-order chi connectivity index (χ0) is 42.8. The number of benzene rings is 1. The summed E-state index contributed by atoms with van der Waals surface area (Å²) in [6, 6.07) is 4.07. The molecule has 61 heavy (non-hydrogen) atoms. The molecule has 4 saturated heterocycles. The zero-order valence-electron chi connectivity index (χ0n) is 34.1. The summed E-state index contributed by atoms with van der Waals surface area (Å²) in [4.78, 5) is 77.7. The topological polar surface area (TPSA) is 211 Å². The fourth-order valence-electron chi connectivity index (χ4n) is 10.1. The number of hydrogen-bond donors (Lipinski definition) is 3. The van der Waals surface area contributed by atoms with Gasteiger partial charge < -0.3 is 20.2 Å². The number of carbonyl (C=O) groups excluding carboxylic acids is 4. The Morgan fingerprint density at radius 2 is 1.57 bits per heavy atom. The fourth-order valence-corrected chi connectivity index (χ4v) is 11.7. The lowest BCUT2D eigenvalue weighted by Gasteiger charge is -2.41. The van der Waals surface area contributed by atoms with Gasteiger partial charge in [0.25, 0.3) is 27.6 Å². The second kappa shape index (κ2) is 16.1. The molecule has 4 amide bonds. The Morgan fingerprint density at radius 3 is 2.25 bits per heavy atom. The normalized spacial score (nSPS) is 26.7. The van der Waals surface area contributed by atoms with Crippen molar-refractivity contribution in [1.82, 2.24) is 38.3 Å². The Morgan fingerprint density at radius 1 is 0.885 bits per heavy atom. The maximum Gasteiger partial charge on any atom is 0.282 e. The smallest absolute Gasteiger partial charge is 0.282 e. The molecule has 3 N–H and O–H groups in total. The summed E-state index contributed by atoms with van der Waals surface area (Å²) in [7, 11) is -3.67. The van der Waals surface area contributed by atoms with E-state index in [4.69, 9.17) is 4.98 Å². The van der Waals surface area contributed by atoms with Crippen molar-refractivity contribution in [1.29, 1.82) is 0 Å². The average Bonchev–Trinajstić information content (AvgIpc) is 3.71. The van der Waals surface area contributed by atoms with Crippen molar-refractivity contribution in [3.05, 3.63) is 57.8 Å². The molecule has 1 aromatic carbocycles. The molecule has 3 atom stereocenters. The van der Waals surface area contributed by atoms with Crippen molar-refractivity contribution in [3.63, 3.8) is 0 Å². The van der Waals surface area contributed by atoms with Crippen LogP contribution in [-0.4, -0.2) is 147 Å². The number of rotatable bonds is 9. The van der Waals surface area contributed by atoms with Gasteiger partial charge in [-0.1, -0.05) is 0 Å². The molecule has 5 aliphatic heterocycles. The molecule has 20 heteroatoms. The molecule has 0 spiro atoms. The van der Waals surface area contributed by atoms with Gasteiger partial charge >= 0.3 is 0 Å². The number of halogens is 1. The number of fused-ring (bicyclic) bond motifs is 2. The predicted molar refractivity (Wildman–Crippen MR) is 220 cm³/mol. The van der Waals surface area contributed by atoms with Crippen molar-refractivity contribution >= 4 is 56.5 Å². The fraction of sp³-hybridized carbons (Fsp3) is 0.585. The van der Waals surface area contributed by atoms with Gasteiger partial charge in [-0.3, -0.25) is 38.8 Å². The van der Waals surface area contributed by atoms with Crippen molar-refractivity contribution in [2.45, 2.75) is 88.4 Å². The number of piperazine rings is 1. The van der Waals surface area contributed by atoms with Gasteiger partial charge in [0.15, 0.2) is 0 Å². The van der Waals surface area contributed by atoms with Crippen LogP contribution in [0.25, 0.3) is 11.0 Å². The third kappa shape index (κ3) is 7.81. The summed E-state index contributed by atoms with van der Waals surface area (Å²) in [6.07, 6.45) is 6.42. The largest absolute Gasteiger partial charge is 0.388 e. The highest BCUT2D eigenvalue weighted by atomic mass is 32.2. The molecule has 2 aromatic heterocycles. The van der Waals surface area contributed by atoms with E-state index in [-0.39, 0.29) is 47.3 Å². The molecule has 1 aliphatic carbocycles. The molecule has 0 radical (unpaired) electrons. The lowest BCUT2D eigenvalue weighted by molar-refractivity contribution is -0.136. The maximum atomic E-state index is 15.5. The van der Waals surface area contributed by atoms with Gasteiger partial charge in [-0.15, -0.1) is 0 Å². The number of imide groups is 2. The number of pyridine rings is 1. The Bertz CT molecular complexity index is 2440. The number of anilines is 2. The van der Waals surface area contributed by atoms with E-state index < -0.39 is 51.3 Å². The van der Waals surface area contributed by atoms with E-state index in [0.29, 0.717) is 101 Å². The molecule has 3 aromatic rings. The van der Waals surface area contributed by atoms with Crippen LogP contribution in [0.2, 0.25) is 0 Å². The minimum atomic E-state index is -3.67. The summed E-state index contributed by atoms with van der Waals surface area (Å²) in [5, 5.41) is 17.2. The zero-order valence-corrected chi connectivity index (χ0v) is 34.9. The first-order valence-corrected chi connectivity index (χ1v) is 22.7. The number of nitrogens with one attached hydrogen (secondary N) is 2. The molecule has 1 unspecified atom stereocenters. The second-order valence-electron chi connectivity index (χ2n) is 17.5. The van der Waals surface area contributed by atoms with E-state index in [9.17, 15) is 37.5 Å². The SMILES string of the molecule is C[C@@]1(O)CCC[C@H]1n1c(=O)ccc2cnc(NC3CCN(S(=O)(=O)N4CCN(CC5CCN(c6cc7c(cc6F)C(=O)N(C6CCC(=O)NC6=O)C7=O)CC5)CC4)CC3)nc21. The van der Waals surface area contributed by atoms with Crippen LogP contribution in [-0.2, 0) is 19.8 Å². The number of piperidine rings is 3. The van der Waals surface area contributed by atoms with Crippen LogP contribution in [0.3, 0.4) is 0 Å². The highest BCUT2D eigenvalue weighted by Gasteiger charge is 2.46. The summed E-state index contributed by atoms with van der Waals surface area (Å²) in [5.74, 6) is -2.56. The Kier molecular flexibility index (Phi) is 10.9. The van der Waals surface area contributed by atoms with Crippen molar-refractivity contribution < 1.29 is 37.1 Å². The molecule has 0 bridgehead atoms. The van der Waals surface area contributed by atoms with E-state index in [1.165, 1.54) is 12.1 Å². The summed E-state index contributed by atoms with van der Waals surface area (Å²) in [6.45, 7) is 6.25. The number of hydrogen-bond acceptors (Lipinski definition) is 13. The molecule has 326 valence electrons. The van der Waals surface area contributed by atoms with Crippen LogP contribution in [0.4, 0.5) is 16.0 Å². The van der Waals surface area contributed by atoms with Gasteiger partial charge in [0, 0.05) is 89.0 Å². The second-order valence-corrected chi connectivity index (χ2v) is 19.5. The summed E-state index contributed by atoms with van der Waals surface area (Å²) >= 11 is 0. The van der Waals surface area contributed by atoms with Gasteiger partial charge in [0.1, 0.15) is 17.5 Å². The molecular formula is C41H51FN10O8S.